The van der Waals surface area contributed by atoms with Crippen molar-refractivity contribution < 1.29 is 14.0 Å². The summed E-state index contributed by atoms with van der Waals surface area (Å²) in [5, 5.41) is 2.92. The van der Waals surface area contributed by atoms with E-state index in [2.05, 4.69) is 5.32 Å². The van der Waals surface area contributed by atoms with Crippen molar-refractivity contribution in [2.75, 3.05) is 5.75 Å². The largest absolute Gasteiger partial charge is 0.352 e. The van der Waals surface area contributed by atoms with Gasteiger partial charge in [0.2, 0.25) is 11.8 Å². The maximum Gasteiger partial charge on any atom is 0.242 e. The molecule has 0 aliphatic heterocycles. The Hall–Kier alpha value is -2.34. The van der Waals surface area contributed by atoms with Crippen LogP contribution in [0.25, 0.3) is 0 Å². The van der Waals surface area contributed by atoms with E-state index in [1.165, 1.54) is 11.0 Å². The SMILES string of the molecule is CC[C@H](C)NC(=O)[C@@H](C)N(Cc1ccccc1F)C(=O)CCSc1ccccc1. The first-order valence-electron chi connectivity index (χ1n) is 9.93. The number of hydrogen-bond donors (Lipinski definition) is 1. The Labute approximate surface area is 176 Å². The zero-order valence-electron chi connectivity index (χ0n) is 17.2. The number of nitrogens with zero attached hydrogens (tertiary/aromatic N) is 1. The van der Waals surface area contributed by atoms with Crippen LogP contribution >= 0.6 is 11.8 Å². The highest BCUT2D eigenvalue weighted by Gasteiger charge is 2.27. The van der Waals surface area contributed by atoms with Crippen LogP contribution in [0.15, 0.2) is 59.5 Å². The molecule has 2 aromatic carbocycles. The van der Waals surface area contributed by atoms with Crippen molar-refractivity contribution in [1.29, 1.82) is 0 Å². The van der Waals surface area contributed by atoms with Gasteiger partial charge in [0.05, 0.1) is 0 Å². The predicted octanol–water partition coefficient (Wildman–Crippen LogP) is 4.64. The molecular weight excluding hydrogens is 387 g/mol. The van der Waals surface area contributed by atoms with Gasteiger partial charge in [0, 0.05) is 35.2 Å². The maximum absolute atomic E-state index is 14.2. The highest BCUT2D eigenvalue weighted by Crippen LogP contribution is 2.20. The first-order valence-corrected chi connectivity index (χ1v) is 10.9. The second-order valence-corrected chi connectivity index (χ2v) is 8.19. The maximum atomic E-state index is 14.2. The summed E-state index contributed by atoms with van der Waals surface area (Å²) >= 11 is 1.59. The van der Waals surface area contributed by atoms with E-state index < -0.39 is 6.04 Å². The van der Waals surface area contributed by atoms with Gasteiger partial charge in [0.25, 0.3) is 0 Å². The minimum absolute atomic E-state index is 0.0176. The van der Waals surface area contributed by atoms with Gasteiger partial charge in [-0.15, -0.1) is 11.8 Å². The van der Waals surface area contributed by atoms with Crippen molar-refractivity contribution in [3.63, 3.8) is 0 Å². The molecule has 1 N–H and O–H groups in total. The van der Waals surface area contributed by atoms with Gasteiger partial charge in [-0.2, -0.15) is 0 Å². The molecule has 0 unspecified atom stereocenters. The Kier molecular flexibility index (Phi) is 9.19. The van der Waals surface area contributed by atoms with Crippen molar-refractivity contribution in [3.05, 3.63) is 66.0 Å². The molecule has 0 radical (unpaired) electrons. The molecule has 0 fully saturated rings. The number of nitrogens with one attached hydrogen (secondary N) is 1. The second kappa shape index (κ2) is 11.6. The van der Waals surface area contributed by atoms with E-state index >= 15 is 0 Å². The van der Waals surface area contributed by atoms with Crippen LogP contribution in [0.3, 0.4) is 0 Å². The molecule has 0 saturated heterocycles. The fourth-order valence-electron chi connectivity index (χ4n) is 2.77. The quantitative estimate of drug-likeness (QED) is 0.574. The van der Waals surface area contributed by atoms with E-state index in [0.717, 1.165) is 11.3 Å². The molecule has 6 heteroatoms. The van der Waals surface area contributed by atoms with Gasteiger partial charge in [0.1, 0.15) is 11.9 Å². The van der Waals surface area contributed by atoms with Crippen LogP contribution in [-0.2, 0) is 16.1 Å². The number of carbonyl (C=O) groups excluding carboxylic acids is 2. The molecular formula is C23H29FN2O2S. The molecule has 0 aliphatic carbocycles. The van der Waals surface area contributed by atoms with Gasteiger partial charge in [-0.05, 0) is 38.5 Å². The molecule has 2 atom stereocenters. The molecule has 156 valence electrons. The van der Waals surface area contributed by atoms with Crippen molar-refractivity contribution >= 4 is 23.6 Å². The minimum Gasteiger partial charge on any atom is -0.352 e. The fourth-order valence-corrected chi connectivity index (χ4v) is 3.64. The molecule has 29 heavy (non-hydrogen) atoms. The summed E-state index contributed by atoms with van der Waals surface area (Å²) in [6, 6.07) is 15.5. The zero-order chi connectivity index (χ0) is 21.2. The van der Waals surface area contributed by atoms with Crippen LogP contribution in [0.2, 0.25) is 0 Å². The predicted molar refractivity (Wildman–Crippen MR) is 116 cm³/mol. The van der Waals surface area contributed by atoms with Gasteiger partial charge in [-0.25, -0.2) is 4.39 Å². The summed E-state index contributed by atoms with van der Waals surface area (Å²) in [6.45, 7) is 5.67. The third-order valence-electron chi connectivity index (χ3n) is 4.79. The van der Waals surface area contributed by atoms with E-state index in [-0.39, 0.29) is 36.6 Å². The number of amides is 2. The van der Waals surface area contributed by atoms with Crippen molar-refractivity contribution in [2.24, 2.45) is 0 Å². The third kappa shape index (κ3) is 7.20. The van der Waals surface area contributed by atoms with Crippen LogP contribution in [-0.4, -0.2) is 34.6 Å². The first kappa shape index (κ1) is 22.9. The lowest BCUT2D eigenvalue weighted by molar-refractivity contribution is -0.140. The normalized spacial score (nSPS) is 12.8. The van der Waals surface area contributed by atoms with E-state index in [1.807, 2.05) is 44.2 Å². The smallest absolute Gasteiger partial charge is 0.242 e. The van der Waals surface area contributed by atoms with Crippen molar-refractivity contribution in [3.8, 4) is 0 Å². The van der Waals surface area contributed by atoms with Crippen LogP contribution in [0, 0.1) is 5.82 Å². The molecule has 0 bridgehead atoms. The number of hydrogen-bond acceptors (Lipinski definition) is 3. The molecule has 0 saturated carbocycles. The first-order chi connectivity index (χ1) is 13.9. The van der Waals surface area contributed by atoms with E-state index in [1.54, 1.807) is 36.9 Å². The third-order valence-corrected chi connectivity index (χ3v) is 5.81. The molecule has 2 aromatic rings. The summed E-state index contributed by atoms with van der Waals surface area (Å²) in [5.74, 6) is -0.169. The van der Waals surface area contributed by atoms with Gasteiger partial charge < -0.3 is 10.2 Å². The number of benzene rings is 2. The summed E-state index contributed by atoms with van der Waals surface area (Å²) in [7, 11) is 0. The van der Waals surface area contributed by atoms with Crippen LogP contribution in [0.1, 0.15) is 39.2 Å². The van der Waals surface area contributed by atoms with E-state index in [0.29, 0.717) is 11.3 Å². The second-order valence-electron chi connectivity index (χ2n) is 7.02. The van der Waals surface area contributed by atoms with E-state index in [4.69, 9.17) is 0 Å². The highest BCUT2D eigenvalue weighted by atomic mass is 32.2. The zero-order valence-corrected chi connectivity index (χ0v) is 18.0. The molecule has 2 amide bonds. The topological polar surface area (TPSA) is 49.4 Å². The summed E-state index contributed by atoms with van der Waals surface area (Å²) in [6.07, 6.45) is 1.07. The Balaban J connectivity index is 2.08. The standard InChI is InChI=1S/C23H29FN2O2S/c1-4-17(2)25-23(28)18(3)26(16-19-10-8-9-13-21(19)24)22(27)14-15-29-20-11-6-5-7-12-20/h5-13,17-18H,4,14-16H2,1-3H3,(H,25,28)/t17-,18+/m0/s1. The van der Waals surface area contributed by atoms with Crippen molar-refractivity contribution in [2.45, 2.75) is 57.1 Å². The lowest BCUT2D eigenvalue weighted by Crippen LogP contribution is -2.49. The monoisotopic (exact) mass is 416 g/mol. The van der Waals surface area contributed by atoms with Crippen molar-refractivity contribution in [1.82, 2.24) is 10.2 Å². The number of thioether (sulfide) groups is 1. The average molecular weight is 417 g/mol. The number of carbonyl (C=O) groups is 2. The van der Waals surface area contributed by atoms with Crippen LogP contribution in [0.4, 0.5) is 4.39 Å². The van der Waals surface area contributed by atoms with Gasteiger partial charge >= 0.3 is 0 Å². The lowest BCUT2D eigenvalue weighted by Gasteiger charge is -2.30. The van der Waals surface area contributed by atoms with E-state index in [9.17, 15) is 14.0 Å². The Morgan fingerprint density at radius 3 is 2.38 bits per heavy atom. The summed E-state index contributed by atoms with van der Waals surface area (Å²) in [5.41, 5.74) is 0.403. The van der Waals surface area contributed by atoms with Crippen LogP contribution < -0.4 is 5.32 Å². The molecule has 4 nitrogen and oxygen atoms in total. The highest BCUT2D eigenvalue weighted by molar-refractivity contribution is 7.99. The number of rotatable bonds is 10. The van der Waals surface area contributed by atoms with Gasteiger partial charge in [-0.1, -0.05) is 43.3 Å². The minimum atomic E-state index is -0.683. The number of halogens is 1. The Bertz CT molecular complexity index is 800. The lowest BCUT2D eigenvalue weighted by atomic mass is 10.1. The average Bonchev–Trinajstić information content (AvgIpc) is 2.73. The molecule has 0 aromatic heterocycles. The molecule has 0 aliphatic rings. The summed E-state index contributed by atoms with van der Waals surface area (Å²) in [4.78, 5) is 28.1. The molecule has 2 rings (SSSR count). The molecule has 0 heterocycles. The van der Waals surface area contributed by atoms with Gasteiger partial charge in [-0.3, -0.25) is 9.59 Å². The van der Waals surface area contributed by atoms with Crippen LogP contribution in [0.5, 0.6) is 0 Å². The molecule has 0 spiro atoms. The fraction of sp³-hybridized carbons (Fsp3) is 0.391. The Morgan fingerprint density at radius 2 is 1.72 bits per heavy atom. The summed E-state index contributed by atoms with van der Waals surface area (Å²) < 4.78 is 14.2. The Morgan fingerprint density at radius 1 is 1.07 bits per heavy atom. The van der Waals surface area contributed by atoms with Gasteiger partial charge in [0.15, 0.2) is 0 Å².